The van der Waals surface area contributed by atoms with Crippen LogP contribution in [0.1, 0.15) is 46.5 Å². The summed E-state index contributed by atoms with van der Waals surface area (Å²) in [6.07, 6.45) is 4.25. The van der Waals surface area contributed by atoms with Crippen LogP contribution >= 0.6 is 0 Å². The Kier molecular flexibility index (Phi) is 5.44. The van der Waals surface area contributed by atoms with Crippen molar-refractivity contribution in [2.24, 2.45) is 22.7 Å². The van der Waals surface area contributed by atoms with Crippen molar-refractivity contribution < 1.29 is 10.0 Å². The van der Waals surface area contributed by atoms with E-state index in [1.165, 1.54) is 6.42 Å². The highest BCUT2D eigenvalue weighted by molar-refractivity contribution is 6.02. The first-order valence-electron chi connectivity index (χ1n) is 6.80. The van der Waals surface area contributed by atoms with Crippen molar-refractivity contribution in [1.82, 2.24) is 4.90 Å². The molecule has 104 valence electrons. The molecule has 0 aromatic rings. The van der Waals surface area contributed by atoms with Gasteiger partial charge in [-0.2, -0.15) is 0 Å². The molecular formula is C13H25N3O2. The zero-order valence-electron chi connectivity index (χ0n) is 11.6. The number of carbonyl (C=O) groups excluding carboxylic acids is 1. The van der Waals surface area contributed by atoms with Gasteiger partial charge in [0.05, 0.1) is 0 Å². The van der Waals surface area contributed by atoms with E-state index >= 15 is 0 Å². The van der Waals surface area contributed by atoms with Crippen molar-refractivity contribution in [3.05, 3.63) is 0 Å². The third-order valence-electron chi connectivity index (χ3n) is 3.75. The molecule has 0 radical (unpaired) electrons. The molecule has 1 rings (SSSR count). The zero-order chi connectivity index (χ0) is 13.7. The van der Waals surface area contributed by atoms with E-state index in [-0.39, 0.29) is 17.7 Å². The monoisotopic (exact) mass is 255 g/mol. The molecule has 1 aliphatic heterocycles. The molecule has 1 saturated heterocycles. The van der Waals surface area contributed by atoms with Crippen LogP contribution in [0.5, 0.6) is 0 Å². The topological polar surface area (TPSA) is 78.9 Å². The van der Waals surface area contributed by atoms with Gasteiger partial charge in [-0.3, -0.25) is 4.79 Å². The van der Waals surface area contributed by atoms with Crippen LogP contribution in [0.15, 0.2) is 5.16 Å². The van der Waals surface area contributed by atoms with Gasteiger partial charge in [-0.15, -0.1) is 0 Å². The number of likely N-dealkylation sites (tertiary alicyclic amines) is 1. The van der Waals surface area contributed by atoms with Gasteiger partial charge >= 0.3 is 0 Å². The first-order chi connectivity index (χ1) is 8.52. The minimum Gasteiger partial charge on any atom is -0.409 e. The van der Waals surface area contributed by atoms with E-state index in [0.29, 0.717) is 6.04 Å². The Balaban J connectivity index is 2.87. The molecule has 0 aromatic heterocycles. The summed E-state index contributed by atoms with van der Waals surface area (Å²) >= 11 is 0. The van der Waals surface area contributed by atoms with Crippen LogP contribution in [0.3, 0.4) is 0 Å². The lowest BCUT2D eigenvalue weighted by Gasteiger charge is -2.38. The Hall–Kier alpha value is -1.26. The van der Waals surface area contributed by atoms with Gasteiger partial charge in [0.2, 0.25) is 5.91 Å². The van der Waals surface area contributed by atoms with Crippen molar-refractivity contribution in [2.45, 2.75) is 52.5 Å². The highest BCUT2D eigenvalue weighted by Gasteiger charge is 2.34. The lowest BCUT2D eigenvalue weighted by Crippen LogP contribution is -2.50. The van der Waals surface area contributed by atoms with Crippen LogP contribution in [0.4, 0.5) is 0 Å². The van der Waals surface area contributed by atoms with Gasteiger partial charge in [-0.1, -0.05) is 25.9 Å². The van der Waals surface area contributed by atoms with Crippen molar-refractivity contribution in [2.75, 3.05) is 6.54 Å². The SMILES string of the molecule is CCC1CCCCN1C(=O)C(C(N)=NO)C(C)C. The van der Waals surface area contributed by atoms with Gasteiger partial charge in [-0.25, -0.2) is 0 Å². The predicted molar refractivity (Wildman–Crippen MR) is 71.4 cm³/mol. The number of oxime groups is 1. The fourth-order valence-electron chi connectivity index (χ4n) is 2.71. The molecule has 2 unspecified atom stereocenters. The van der Waals surface area contributed by atoms with Crippen molar-refractivity contribution in [3.63, 3.8) is 0 Å². The van der Waals surface area contributed by atoms with E-state index in [2.05, 4.69) is 12.1 Å². The lowest BCUT2D eigenvalue weighted by molar-refractivity contribution is -0.138. The Morgan fingerprint density at radius 1 is 1.50 bits per heavy atom. The fourth-order valence-corrected chi connectivity index (χ4v) is 2.71. The van der Waals surface area contributed by atoms with Crippen molar-refractivity contribution in [1.29, 1.82) is 0 Å². The Morgan fingerprint density at radius 2 is 2.17 bits per heavy atom. The van der Waals surface area contributed by atoms with Crippen molar-refractivity contribution in [3.8, 4) is 0 Å². The molecule has 18 heavy (non-hydrogen) atoms. The third kappa shape index (κ3) is 3.15. The Morgan fingerprint density at radius 3 is 2.67 bits per heavy atom. The summed E-state index contributed by atoms with van der Waals surface area (Å²) < 4.78 is 0. The number of rotatable bonds is 4. The summed E-state index contributed by atoms with van der Waals surface area (Å²) in [6, 6.07) is 0.305. The van der Waals surface area contributed by atoms with Gasteiger partial charge < -0.3 is 15.8 Å². The van der Waals surface area contributed by atoms with Crippen molar-refractivity contribution >= 4 is 11.7 Å². The van der Waals surface area contributed by atoms with Crippen LogP contribution in [-0.2, 0) is 4.79 Å². The molecule has 0 saturated carbocycles. The molecule has 3 N–H and O–H groups in total. The number of amidine groups is 1. The standard InChI is InChI=1S/C13H25N3O2/c1-4-10-7-5-6-8-16(10)13(17)11(9(2)3)12(14)15-18/h9-11,18H,4-8H2,1-3H3,(H2,14,15). The first kappa shape index (κ1) is 14.8. The van der Waals surface area contributed by atoms with E-state index in [4.69, 9.17) is 10.9 Å². The van der Waals surface area contributed by atoms with Gasteiger partial charge in [-0.05, 0) is 31.6 Å². The van der Waals surface area contributed by atoms with E-state index in [1.807, 2.05) is 18.7 Å². The minimum absolute atomic E-state index is 0.00634. The third-order valence-corrected chi connectivity index (χ3v) is 3.75. The average molecular weight is 255 g/mol. The maximum atomic E-state index is 12.6. The molecule has 0 aliphatic carbocycles. The summed E-state index contributed by atoms with van der Waals surface area (Å²) in [7, 11) is 0. The van der Waals surface area contributed by atoms with Crippen LogP contribution in [0.2, 0.25) is 0 Å². The predicted octanol–water partition coefficient (Wildman–Crippen LogP) is 1.80. The number of hydrogen-bond donors (Lipinski definition) is 2. The Bertz CT molecular complexity index is 315. The van der Waals surface area contributed by atoms with Gasteiger partial charge in [0, 0.05) is 12.6 Å². The number of nitrogens with zero attached hydrogens (tertiary/aromatic N) is 2. The normalized spacial score (nSPS) is 23.2. The average Bonchev–Trinajstić information content (AvgIpc) is 2.37. The van der Waals surface area contributed by atoms with Crippen LogP contribution in [-0.4, -0.2) is 34.4 Å². The molecule has 5 nitrogen and oxygen atoms in total. The summed E-state index contributed by atoms with van der Waals surface area (Å²) in [5.41, 5.74) is 5.67. The number of amides is 1. The smallest absolute Gasteiger partial charge is 0.233 e. The molecule has 1 aliphatic rings. The first-order valence-corrected chi connectivity index (χ1v) is 6.80. The largest absolute Gasteiger partial charge is 0.409 e. The molecule has 1 heterocycles. The van der Waals surface area contributed by atoms with Crippen LogP contribution < -0.4 is 5.73 Å². The van der Waals surface area contributed by atoms with E-state index < -0.39 is 5.92 Å². The fraction of sp³-hybridized carbons (Fsp3) is 0.846. The maximum Gasteiger partial charge on any atom is 0.233 e. The molecule has 0 bridgehead atoms. The number of piperidine rings is 1. The molecule has 0 spiro atoms. The Labute approximate surface area is 109 Å². The van der Waals surface area contributed by atoms with Crippen LogP contribution in [0.25, 0.3) is 0 Å². The van der Waals surface area contributed by atoms with Gasteiger partial charge in [0.15, 0.2) is 5.84 Å². The van der Waals surface area contributed by atoms with Gasteiger partial charge in [0.25, 0.3) is 0 Å². The highest BCUT2D eigenvalue weighted by atomic mass is 16.4. The van der Waals surface area contributed by atoms with E-state index in [9.17, 15) is 4.79 Å². The zero-order valence-corrected chi connectivity index (χ0v) is 11.6. The summed E-state index contributed by atoms with van der Waals surface area (Å²) in [6.45, 7) is 6.74. The minimum atomic E-state index is -0.512. The number of nitrogens with two attached hydrogens (primary N) is 1. The molecule has 0 aromatic carbocycles. The van der Waals surface area contributed by atoms with Crippen LogP contribution in [0, 0.1) is 11.8 Å². The summed E-state index contributed by atoms with van der Waals surface area (Å²) in [5.74, 6) is -0.447. The summed E-state index contributed by atoms with van der Waals surface area (Å²) in [5, 5.41) is 11.8. The lowest BCUT2D eigenvalue weighted by atomic mass is 9.90. The summed E-state index contributed by atoms with van der Waals surface area (Å²) in [4.78, 5) is 14.5. The second-order valence-corrected chi connectivity index (χ2v) is 5.34. The maximum absolute atomic E-state index is 12.6. The van der Waals surface area contributed by atoms with E-state index in [1.54, 1.807) is 0 Å². The molecule has 5 heteroatoms. The molecule has 2 atom stereocenters. The molecule has 1 fully saturated rings. The molecular weight excluding hydrogens is 230 g/mol. The van der Waals surface area contributed by atoms with E-state index in [0.717, 1.165) is 25.8 Å². The quantitative estimate of drug-likeness (QED) is 0.348. The number of hydrogen-bond acceptors (Lipinski definition) is 3. The molecule has 1 amide bonds. The van der Waals surface area contributed by atoms with Gasteiger partial charge in [0.1, 0.15) is 5.92 Å². The second-order valence-electron chi connectivity index (χ2n) is 5.34. The highest BCUT2D eigenvalue weighted by Crippen LogP contribution is 2.24. The number of carbonyl (C=O) groups is 1. The second kappa shape index (κ2) is 6.61.